The number of Topliss-reactive ketones (excluding diaryl/α,β-unsaturated/α-hetero) is 1. The maximum atomic E-state index is 12.1. The van der Waals surface area contributed by atoms with E-state index in [1.54, 1.807) is 24.3 Å². The second-order valence-corrected chi connectivity index (χ2v) is 5.95. The van der Waals surface area contributed by atoms with Crippen molar-refractivity contribution < 1.29 is 13.9 Å². The average Bonchev–Trinajstić information content (AvgIpc) is 3.01. The molecule has 0 amide bonds. The highest BCUT2D eigenvalue weighted by Gasteiger charge is 2.10. The lowest BCUT2D eigenvalue weighted by Crippen LogP contribution is -2.10. The molecule has 0 saturated carbocycles. The number of ether oxygens (including phenoxy) is 1. The van der Waals surface area contributed by atoms with Crippen molar-refractivity contribution >= 4 is 28.1 Å². The van der Waals surface area contributed by atoms with Gasteiger partial charge in [-0.05, 0) is 36.8 Å². The van der Waals surface area contributed by atoms with Gasteiger partial charge in [-0.1, -0.05) is 6.92 Å². The van der Waals surface area contributed by atoms with Crippen molar-refractivity contribution in [1.82, 2.24) is 0 Å². The van der Waals surface area contributed by atoms with Crippen LogP contribution in [-0.4, -0.2) is 12.4 Å². The standard InChI is InChI=1S/C17H14O4S/c1-2-13-6-7-16(22-13)14(18)10-20-12-5-3-11-4-8-17(19)21-15(11)9-12/h3-9H,2,10H2,1H3. The lowest BCUT2D eigenvalue weighted by molar-refractivity contribution is 0.0925. The van der Waals surface area contributed by atoms with Crippen LogP contribution in [0.25, 0.3) is 11.0 Å². The minimum atomic E-state index is -0.411. The summed E-state index contributed by atoms with van der Waals surface area (Å²) in [6, 6.07) is 12.0. The Bertz CT molecular complexity index is 875. The minimum absolute atomic E-state index is 0.0355. The Hall–Kier alpha value is -2.40. The van der Waals surface area contributed by atoms with E-state index in [0.29, 0.717) is 16.2 Å². The van der Waals surface area contributed by atoms with E-state index in [1.165, 1.54) is 22.3 Å². The first-order valence-corrected chi connectivity index (χ1v) is 7.76. The molecule has 0 spiro atoms. The predicted molar refractivity (Wildman–Crippen MR) is 86.0 cm³/mol. The lowest BCUT2D eigenvalue weighted by atomic mass is 10.2. The highest BCUT2D eigenvalue weighted by atomic mass is 32.1. The topological polar surface area (TPSA) is 56.5 Å². The maximum Gasteiger partial charge on any atom is 0.336 e. The maximum absolute atomic E-state index is 12.1. The molecule has 22 heavy (non-hydrogen) atoms. The van der Waals surface area contributed by atoms with Gasteiger partial charge in [-0.3, -0.25) is 4.79 Å². The molecule has 112 valence electrons. The largest absolute Gasteiger partial charge is 0.485 e. The highest BCUT2D eigenvalue weighted by molar-refractivity contribution is 7.14. The van der Waals surface area contributed by atoms with Crippen LogP contribution in [0.3, 0.4) is 0 Å². The number of thiophene rings is 1. The molecule has 1 aromatic carbocycles. The molecule has 0 aliphatic heterocycles. The molecule has 5 heteroatoms. The number of ketones is 1. The summed E-state index contributed by atoms with van der Waals surface area (Å²) < 4.78 is 10.6. The summed E-state index contributed by atoms with van der Waals surface area (Å²) >= 11 is 1.49. The Balaban J connectivity index is 1.73. The van der Waals surface area contributed by atoms with Crippen LogP contribution >= 0.6 is 11.3 Å². The van der Waals surface area contributed by atoms with Gasteiger partial charge >= 0.3 is 5.63 Å². The van der Waals surface area contributed by atoms with Crippen molar-refractivity contribution in [3.63, 3.8) is 0 Å². The van der Waals surface area contributed by atoms with E-state index in [0.717, 1.165) is 11.8 Å². The van der Waals surface area contributed by atoms with E-state index in [-0.39, 0.29) is 12.4 Å². The van der Waals surface area contributed by atoms with Crippen molar-refractivity contribution in [1.29, 1.82) is 0 Å². The SMILES string of the molecule is CCc1ccc(C(=O)COc2ccc3ccc(=O)oc3c2)s1. The van der Waals surface area contributed by atoms with Crippen LogP contribution < -0.4 is 10.4 Å². The molecule has 0 aliphatic rings. The number of hydrogen-bond donors (Lipinski definition) is 0. The molecule has 0 radical (unpaired) electrons. The Morgan fingerprint density at radius 2 is 2.00 bits per heavy atom. The molecule has 0 bridgehead atoms. The zero-order valence-corrected chi connectivity index (χ0v) is 12.8. The van der Waals surface area contributed by atoms with Gasteiger partial charge in [-0.15, -0.1) is 11.3 Å². The summed E-state index contributed by atoms with van der Waals surface area (Å²) in [6.07, 6.45) is 0.919. The van der Waals surface area contributed by atoms with E-state index >= 15 is 0 Å². The summed E-state index contributed by atoms with van der Waals surface area (Å²) in [5.41, 5.74) is 0.0354. The van der Waals surface area contributed by atoms with Gasteiger partial charge in [-0.2, -0.15) is 0 Å². The molecular weight excluding hydrogens is 300 g/mol. The normalized spacial score (nSPS) is 10.8. The molecule has 3 aromatic rings. The van der Waals surface area contributed by atoms with Crippen LogP contribution in [0.4, 0.5) is 0 Å². The molecule has 0 atom stereocenters. The summed E-state index contributed by atoms with van der Waals surface area (Å²) in [6.45, 7) is 2.02. The number of carbonyl (C=O) groups is 1. The van der Waals surface area contributed by atoms with Crippen molar-refractivity contribution in [2.45, 2.75) is 13.3 Å². The first kappa shape index (κ1) is 14.5. The highest BCUT2D eigenvalue weighted by Crippen LogP contribution is 2.21. The van der Waals surface area contributed by atoms with Gasteiger partial charge in [0.25, 0.3) is 0 Å². The van der Waals surface area contributed by atoms with Gasteiger partial charge < -0.3 is 9.15 Å². The van der Waals surface area contributed by atoms with Crippen LogP contribution in [0, 0.1) is 0 Å². The summed E-state index contributed by atoms with van der Waals surface area (Å²) in [5.74, 6) is 0.446. The number of carbonyl (C=O) groups excluding carboxylic acids is 1. The van der Waals surface area contributed by atoms with E-state index < -0.39 is 5.63 Å². The summed E-state index contributed by atoms with van der Waals surface area (Å²) in [7, 11) is 0. The molecule has 0 fully saturated rings. The van der Waals surface area contributed by atoms with Crippen molar-refractivity contribution in [2.24, 2.45) is 0 Å². The van der Waals surface area contributed by atoms with Gasteiger partial charge in [-0.25, -0.2) is 4.79 Å². The lowest BCUT2D eigenvalue weighted by Gasteiger charge is -2.05. The first-order valence-electron chi connectivity index (χ1n) is 6.94. The second-order valence-electron chi connectivity index (χ2n) is 4.79. The minimum Gasteiger partial charge on any atom is -0.485 e. The Labute approximate surface area is 131 Å². The van der Waals surface area contributed by atoms with Gasteiger partial charge in [0.05, 0.1) is 4.88 Å². The van der Waals surface area contributed by atoms with Crippen LogP contribution in [0.1, 0.15) is 21.5 Å². The fourth-order valence-corrected chi connectivity index (χ4v) is 2.94. The fourth-order valence-electron chi connectivity index (χ4n) is 2.07. The fraction of sp³-hybridized carbons (Fsp3) is 0.176. The number of benzene rings is 1. The second kappa shape index (κ2) is 6.15. The molecule has 0 N–H and O–H groups in total. The molecule has 4 nitrogen and oxygen atoms in total. The van der Waals surface area contributed by atoms with Crippen LogP contribution in [0.15, 0.2) is 51.7 Å². The van der Waals surface area contributed by atoms with E-state index in [9.17, 15) is 9.59 Å². The monoisotopic (exact) mass is 314 g/mol. The van der Waals surface area contributed by atoms with Crippen molar-refractivity contribution in [3.05, 3.63) is 62.6 Å². The Morgan fingerprint density at radius 3 is 2.77 bits per heavy atom. The molecule has 0 saturated heterocycles. The number of aryl methyl sites for hydroxylation is 1. The van der Waals surface area contributed by atoms with Gasteiger partial charge in [0.15, 0.2) is 6.61 Å². The van der Waals surface area contributed by atoms with Crippen molar-refractivity contribution in [3.8, 4) is 5.75 Å². The van der Waals surface area contributed by atoms with Gasteiger partial charge in [0, 0.05) is 22.4 Å². The summed E-state index contributed by atoms with van der Waals surface area (Å²) in [5, 5.41) is 0.809. The van der Waals surface area contributed by atoms with Crippen LogP contribution in [-0.2, 0) is 6.42 Å². The van der Waals surface area contributed by atoms with Crippen molar-refractivity contribution in [2.75, 3.05) is 6.61 Å². The molecule has 2 heterocycles. The third-order valence-electron chi connectivity index (χ3n) is 3.25. The number of fused-ring (bicyclic) bond motifs is 1. The number of hydrogen-bond acceptors (Lipinski definition) is 5. The Kier molecular flexibility index (Phi) is 4.06. The van der Waals surface area contributed by atoms with Gasteiger partial charge in [0.1, 0.15) is 11.3 Å². The molecule has 2 aromatic heterocycles. The summed E-state index contributed by atoms with van der Waals surface area (Å²) in [4.78, 5) is 25.2. The molecule has 0 unspecified atom stereocenters. The number of rotatable bonds is 5. The molecular formula is C17H14O4S. The third kappa shape index (κ3) is 3.09. The average molecular weight is 314 g/mol. The first-order chi connectivity index (χ1) is 10.7. The predicted octanol–water partition coefficient (Wildman–Crippen LogP) is 3.68. The van der Waals surface area contributed by atoms with Crippen LogP contribution in [0.5, 0.6) is 5.75 Å². The molecule has 3 rings (SSSR count). The Morgan fingerprint density at radius 1 is 1.18 bits per heavy atom. The van der Waals surface area contributed by atoms with Crippen LogP contribution in [0.2, 0.25) is 0 Å². The van der Waals surface area contributed by atoms with Gasteiger partial charge in [0.2, 0.25) is 5.78 Å². The smallest absolute Gasteiger partial charge is 0.336 e. The zero-order chi connectivity index (χ0) is 15.5. The zero-order valence-electron chi connectivity index (χ0n) is 12.0. The van der Waals surface area contributed by atoms with E-state index in [2.05, 4.69) is 6.92 Å². The van der Waals surface area contributed by atoms with E-state index in [1.807, 2.05) is 12.1 Å². The third-order valence-corrected chi connectivity index (χ3v) is 4.52. The quantitative estimate of drug-likeness (QED) is 0.532. The molecule has 0 aliphatic carbocycles. The van der Waals surface area contributed by atoms with E-state index in [4.69, 9.17) is 9.15 Å².